The highest BCUT2D eigenvalue weighted by Gasteiger charge is 2.39. The number of amides is 1. The fourth-order valence-corrected chi connectivity index (χ4v) is 3.63. The Balaban J connectivity index is 1.39. The Morgan fingerprint density at radius 1 is 1.21 bits per heavy atom. The molecule has 2 fully saturated rings. The van der Waals surface area contributed by atoms with Gasteiger partial charge >= 0.3 is 0 Å². The number of nitrogens with one attached hydrogen (secondary N) is 2. The maximum absolute atomic E-state index is 12.4. The average Bonchev–Trinajstić information content (AvgIpc) is 3.18. The Bertz CT molecular complexity index is 750. The molecule has 24 heavy (non-hydrogen) atoms. The number of carbonyl (C=O) groups excluding carboxylic acids is 1. The van der Waals surface area contributed by atoms with Crippen LogP contribution in [0.4, 0.5) is 0 Å². The molecular weight excluding hydrogens is 326 g/mol. The van der Waals surface area contributed by atoms with Crippen LogP contribution in [0.5, 0.6) is 11.6 Å². The number of carbonyl (C=O) groups is 1. The highest BCUT2D eigenvalue weighted by atomic mass is 35.5. The molecule has 1 amide bonds. The van der Waals surface area contributed by atoms with E-state index in [1.807, 2.05) is 0 Å². The summed E-state index contributed by atoms with van der Waals surface area (Å²) in [5, 5.41) is 7.03. The highest BCUT2D eigenvalue weighted by Crippen LogP contribution is 2.28. The minimum Gasteiger partial charge on any atom is -0.439 e. The van der Waals surface area contributed by atoms with Gasteiger partial charge in [-0.25, -0.2) is 4.98 Å². The summed E-state index contributed by atoms with van der Waals surface area (Å²) in [6, 6.07) is 13.5. The molecule has 5 nitrogen and oxygen atoms in total. The van der Waals surface area contributed by atoms with E-state index in [4.69, 9.17) is 16.3 Å². The van der Waals surface area contributed by atoms with Gasteiger partial charge in [0.2, 0.25) is 5.88 Å². The van der Waals surface area contributed by atoms with Gasteiger partial charge in [0.05, 0.1) is 0 Å². The summed E-state index contributed by atoms with van der Waals surface area (Å²) in [4.78, 5) is 16.5. The van der Waals surface area contributed by atoms with Crippen LogP contribution in [-0.4, -0.2) is 29.0 Å². The molecule has 124 valence electrons. The first kappa shape index (κ1) is 15.4. The molecule has 3 heterocycles. The molecule has 0 aliphatic carbocycles. The fraction of sp³-hybridized carbons (Fsp3) is 0.333. The van der Waals surface area contributed by atoms with E-state index in [0.29, 0.717) is 34.4 Å². The summed E-state index contributed by atoms with van der Waals surface area (Å²) in [6.45, 7) is 0. The standard InChI is InChI=1S/C18H18ClN3O2/c19-16-2-1-3-17(22-16)24-13-7-4-11(5-8-13)18(23)21-15-10-12-6-9-14(15)20-12/h1-5,7-8,12,14-15,20H,6,9-10H2,(H,21,23). The van der Waals surface area contributed by atoms with Gasteiger partial charge in [-0.2, -0.15) is 0 Å². The Kier molecular flexibility index (Phi) is 4.12. The Labute approximate surface area is 145 Å². The van der Waals surface area contributed by atoms with Crippen LogP contribution in [-0.2, 0) is 0 Å². The topological polar surface area (TPSA) is 63.2 Å². The number of hydrogen-bond acceptors (Lipinski definition) is 4. The Morgan fingerprint density at radius 3 is 2.71 bits per heavy atom. The third-order valence-corrected chi connectivity index (χ3v) is 4.86. The van der Waals surface area contributed by atoms with Gasteiger partial charge in [0.15, 0.2) is 0 Å². The van der Waals surface area contributed by atoms with Gasteiger partial charge in [0.1, 0.15) is 10.9 Å². The lowest BCUT2D eigenvalue weighted by Gasteiger charge is -2.21. The number of pyridine rings is 1. The van der Waals surface area contributed by atoms with Crippen molar-refractivity contribution in [1.29, 1.82) is 0 Å². The number of fused-ring (bicyclic) bond motifs is 2. The minimum atomic E-state index is -0.0400. The van der Waals surface area contributed by atoms with Crippen molar-refractivity contribution < 1.29 is 9.53 Å². The first-order chi connectivity index (χ1) is 11.7. The summed E-state index contributed by atoms with van der Waals surface area (Å²) in [6.07, 6.45) is 3.40. The molecule has 0 saturated carbocycles. The number of hydrogen-bond donors (Lipinski definition) is 2. The van der Waals surface area contributed by atoms with Crippen molar-refractivity contribution in [3.8, 4) is 11.6 Å². The van der Waals surface area contributed by atoms with Gasteiger partial charge in [-0.15, -0.1) is 0 Å². The lowest BCUT2D eigenvalue weighted by Crippen LogP contribution is -2.42. The van der Waals surface area contributed by atoms with E-state index < -0.39 is 0 Å². The third kappa shape index (κ3) is 3.23. The quantitative estimate of drug-likeness (QED) is 0.837. The largest absolute Gasteiger partial charge is 0.439 e. The van der Waals surface area contributed by atoms with Crippen LogP contribution in [0.15, 0.2) is 42.5 Å². The number of nitrogens with zero attached hydrogens (tertiary/aromatic N) is 1. The van der Waals surface area contributed by atoms with Crippen molar-refractivity contribution in [2.24, 2.45) is 0 Å². The van der Waals surface area contributed by atoms with Gasteiger partial charge in [-0.1, -0.05) is 17.7 Å². The monoisotopic (exact) mass is 343 g/mol. The molecule has 2 aliphatic rings. The van der Waals surface area contributed by atoms with Crippen LogP contribution in [0.1, 0.15) is 29.6 Å². The van der Waals surface area contributed by atoms with Crippen molar-refractivity contribution in [2.45, 2.75) is 37.4 Å². The summed E-state index contributed by atoms with van der Waals surface area (Å²) in [5.41, 5.74) is 0.629. The van der Waals surface area contributed by atoms with Crippen LogP contribution in [0.25, 0.3) is 0 Å². The zero-order valence-corrected chi connectivity index (χ0v) is 13.8. The van der Waals surface area contributed by atoms with Gasteiger partial charge in [0, 0.05) is 29.8 Å². The Morgan fingerprint density at radius 2 is 2.04 bits per heavy atom. The lowest BCUT2D eigenvalue weighted by molar-refractivity contribution is 0.0931. The molecule has 0 spiro atoms. The number of rotatable bonds is 4. The van der Waals surface area contributed by atoms with Crippen LogP contribution in [0, 0.1) is 0 Å². The molecule has 1 aromatic carbocycles. The SMILES string of the molecule is O=C(NC1CC2CCC1N2)c1ccc(Oc2cccc(Cl)n2)cc1. The minimum absolute atomic E-state index is 0.0400. The molecule has 2 bridgehead atoms. The third-order valence-electron chi connectivity index (χ3n) is 4.65. The molecule has 4 rings (SSSR count). The predicted molar refractivity (Wildman–Crippen MR) is 91.6 cm³/mol. The van der Waals surface area contributed by atoms with Crippen molar-refractivity contribution in [2.75, 3.05) is 0 Å². The summed E-state index contributed by atoms with van der Waals surface area (Å²) >= 11 is 5.84. The summed E-state index contributed by atoms with van der Waals surface area (Å²) in [7, 11) is 0. The van der Waals surface area contributed by atoms with Gasteiger partial charge in [-0.3, -0.25) is 4.79 Å². The van der Waals surface area contributed by atoms with Gasteiger partial charge < -0.3 is 15.4 Å². The highest BCUT2D eigenvalue weighted by molar-refractivity contribution is 6.29. The van der Waals surface area contributed by atoms with Crippen molar-refractivity contribution in [3.63, 3.8) is 0 Å². The second kappa shape index (κ2) is 6.42. The Hall–Kier alpha value is -2.11. The van der Waals surface area contributed by atoms with E-state index in [2.05, 4.69) is 15.6 Å². The second-order valence-electron chi connectivity index (χ2n) is 6.29. The van der Waals surface area contributed by atoms with Gasteiger partial charge in [0.25, 0.3) is 5.91 Å². The lowest BCUT2D eigenvalue weighted by atomic mass is 9.95. The van der Waals surface area contributed by atoms with Crippen molar-refractivity contribution in [1.82, 2.24) is 15.6 Å². The van der Waals surface area contributed by atoms with E-state index in [1.165, 1.54) is 6.42 Å². The maximum Gasteiger partial charge on any atom is 0.251 e. The zero-order valence-electron chi connectivity index (χ0n) is 13.0. The zero-order chi connectivity index (χ0) is 16.5. The fourth-order valence-electron chi connectivity index (χ4n) is 3.48. The van der Waals surface area contributed by atoms with Crippen molar-refractivity contribution >= 4 is 17.5 Å². The van der Waals surface area contributed by atoms with Crippen LogP contribution < -0.4 is 15.4 Å². The second-order valence-corrected chi connectivity index (χ2v) is 6.68. The number of ether oxygens (including phenoxy) is 1. The number of benzene rings is 1. The van der Waals surface area contributed by atoms with Crippen LogP contribution >= 0.6 is 11.6 Å². The maximum atomic E-state index is 12.4. The normalized spacial score (nSPS) is 24.8. The first-order valence-electron chi connectivity index (χ1n) is 8.15. The van der Waals surface area contributed by atoms with E-state index in [9.17, 15) is 4.79 Å². The number of halogens is 1. The molecule has 3 unspecified atom stereocenters. The summed E-state index contributed by atoms with van der Waals surface area (Å²) < 4.78 is 5.63. The van der Waals surface area contributed by atoms with Crippen LogP contribution in [0.3, 0.4) is 0 Å². The van der Waals surface area contributed by atoms with E-state index in [1.54, 1.807) is 42.5 Å². The molecule has 6 heteroatoms. The van der Waals surface area contributed by atoms with Crippen molar-refractivity contribution in [3.05, 3.63) is 53.2 Å². The molecule has 3 atom stereocenters. The van der Waals surface area contributed by atoms with Gasteiger partial charge in [-0.05, 0) is 49.6 Å². The van der Waals surface area contributed by atoms with E-state index in [-0.39, 0.29) is 11.9 Å². The molecule has 2 saturated heterocycles. The first-order valence-corrected chi connectivity index (χ1v) is 8.52. The predicted octanol–water partition coefficient (Wildman–Crippen LogP) is 3.15. The molecule has 2 aromatic rings. The average molecular weight is 344 g/mol. The van der Waals surface area contributed by atoms with E-state index >= 15 is 0 Å². The smallest absolute Gasteiger partial charge is 0.251 e. The van der Waals surface area contributed by atoms with E-state index in [0.717, 1.165) is 12.8 Å². The molecule has 1 aromatic heterocycles. The molecular formula is C18H18ClN3O2. The number of aromatic nitrogens is 1. The summed E-state index contributed by atoms with van der Waals surface area (Å²) in [5.74, 6) is 0.998. The van der Waals surface area contributed by atoms with Crippen LogP contribution in [0.2, 0.25) is 5.15 Å². The molecule has 0 radical (unpaired) electrons. The molecule has 2 aliphatic heterocycles. The molecule has 2 N–H and O–H groups in total.